The molecule has 3 nitrogen and oxygen atoms in total. The van der Waals surface area contributed by atoms with Gasteiger partial charge in [0.1, 0.15) is 11.9 Å². The number of hydrogen-bond acceptors (Lipinski definition) is 3. The molecule has 0 unspecified atom stereocenters. The second-order valence-corrected chi connectivity index (χ2v) is 4.08. The van der Waals surface area contributed by atoms with Crippen molar-refractivity contribution in [2.75, 3.05) is 5.32 Å². The fraction of sp³-hybridized carbons (Fsp3) is 0.0769. The third kappa shape index (κ3) is 2.96. The number of anilines is 1. The highest BCUT2D eigenvalue weighted by Gasteiger charge is 2.01. The summed E-state index contributed by atoms with van der Waals surface area (Å²) < 4.78 is 12.9. The van der Waals surface area contributed by atoms with Crippen molar-refractivity contribution in [1.82, 2.24) is 4.98 Å². The Morgan fingerprint density at radius 2 is 2.17 bits per heavy atom. The van der Waals surface area contributed by atoms with Crippen LogP contribution in [0.2, 0.25) is 5.02 Å². The molecule has 90 valence electrons. The highest BCUT2D eigenvalue weighted by atomic mass is 35.5. The maximum absolute atomic E-state index is 12.9. The minimum absolute atomic E-state index is 0.368. The molecule has 1 aromatic carbocycles. The maximum atomic E-state index is 12.9. The van der Waals surface area contributed by atoms with Gasteiger partial charge < -0.3 is 5.32 Å². The van der Waals surface area contributed by atoms with E-state index in [9.17, 15) is 4.39 Å². The van der Waals surface area contributed by atoms with Gasteiger partial charge in [0.15, 0.2) is 0 Å². The number of aromatic nitrogens is 1. The van der Waals surface area contributed by atoms with Crippen LogP contribution in [0.15, 0.2) is 36.7 Å². The predicted molar refractivity (Wildman–Crippen MR) is 67.7 cm³/mol. The van der Waals surface area contributed by atoms with E-state index in [4.69, 9.17) is 16.9 Å². The van der Waals surface area contributed by atoms with Crippen molar-refractivity contribution in [3.05, 3.63) is 58.6 Å². The Labute approximate surface area is 109 Å². The molecule has 1 N–H and O–H groups in total. The highest BCUT2D eigenvalue weighted by molar-refractivity contribution is 6.32. The van der Waals surface area contributed by atoms with Crippen LogP contribution in [0.5, 0.6) is 0 Å². The lowest BCUT2D eigenvalue weighted by Gasteiger charge is -2.07. The fourth-order valence-electron chi connectivity index (χ4n) is 1.47. The third-order valence-corrected chi connectivity index (χ3v) is 2.66. The van der Waals surface area contributed by atoms with Gasteiger partial charge >= 0.3 is 0 Å². The minimum atomic E-state index is -0.368. The van der Waals surface area contributed by atoms with Gasteiger partial charge in [0.25, 0.3) is 0 Å². The zero-order chi connectivity index (χ0) is 13.0. The maximum Gasteiger partial charge on any atom is 0.141 e. The van der Waals surface area contributed by atoms with E-state index in [0.29, 0.717) is 17.1 Å². The van der Waals surface area contributed by atoms with Crippen LogP contribution in [0.4, 0.5) is 10.1 Å². The molecule has 0 aliphatic heterocycles. The van der Waals surface area contributed by atoms with E-state index in [1.165, 1.54) is 6.07 Å². The van der Waals surface area contributed by atoms with Crippen molar-refractivity contribution < 1.29 is 4.39 Å². The van der Waals surface area contributed by atoms with Crippen molar-refractivity contribution in [3.63, 3.8) is 0 Å². The third-order valence-electron chi connectivity index (χ3n) is 2.35. The molecule has 0 aliphatic carbocycles. The SMILES string of the molecule is N#Cc1ccc(NCc2cncc(F)c2)cc1Cl. The molecule has 0 fully saturated rings. The Hall–Kier alpha value is -2.12. The number of rotatable bonds is 3. The first-order chi connectivity index (χ1) is 8.69. The van der Waals surface area contributed by atoms with Crippen LogP contribution < -0.4 is 5.32 Å². The van der Waals surface area contributed by atoms with Crippen molar-refractivity contribution >= 4 is 17.3 Å². The first-order valence-corrected chi connectivity index (χ1v) is 5.60. The van der Waals surface area contributed by atoms with Crippen LogP contribution in [0.3, 0.4) is 0 Å². The van der Waals surface area contributed by atoms with Crippen LogP contribution >= 0.6 is 11.6 Å². The molecular weight excluding hydrogens is 253 g/mol. The summed E-state index contributed by atoms with van der Waals surface area (Å²) in [6.45, 7) is 0.437. The molecular formula is C13H9ClFN3. The Kier molecular flexibility index (Phi) is 3.75. The van der Waals surface area contributed by atoms with Crippen molar-refractivity contribution in [2.24, 2.45) is 0 Å². The molecule has 2 rings (SSSR count). The van der Waals surface area contributed by atoms with E-state index < -0.39 is 0 Å². The van der Waals surface area contributed by atoms with Gasteiger partial charge in [-0.2, -0.15) is 5.26 Å². The number of benzene rings is 1. The molecule has 1 aromatic heterocycles. The summed E-state index contributed by atoms with van der Waals surface area (Å²) in [6, 6.07) is 8.43. The highest BCUT2D eigenvalue weighted by Crippen LogP contribution is 2.20. The van der Waals surface area contributed by atoms with Crippen molar-refractivity contribution in [2.45, 2.75) is 6.54 Å². The Morgan fingerprint density at radius 3 is 2.83 bits per heavy atom. The molecule has 0 radical (unpaired) electrons. The Balaban J connectivity index is 2.07. The minimum Gasteiger partial charge on any atom is -0.381 e. The van der Waals surface area contributed by atoms with E-state index in [0.717, 1.165) is 17.4 Å². The topological polar surface area (TPSA) is 48.7 Å². The van der Waals surface area contributed by atoms with E-state index >= 15 is 0 Å². The summed E-state index contributed by atoms with van der Waals surface area (Å²) in [5, 5.41) is 12.2. The Bertz CT molecular complexity index is 607. The standard InChI is InChI=1S/C13H9ClFN3/c14-13-4-12(2-1-10(13)5-16)18-7-9-3-11(15)8-17-6-9/h1-4,6,8,18H,7H2. The molecule has 0 bridgehead atoms. The lowest BCUT2D eigenvalue weighted by atomic mass is 10.2. The number of nitrogens with zero attached hydrogens (tertiary/aromatic N) is 2. The zero-order valence-electron chi connectivity index (χ0n) is 9.32. The molecule has 1 heterocycles. The molecule has 0 amide bonds. The van der Waals surface area contributed by atoms with Gasteiger partial charge in [0.2, 0.25) is 0 Å². The number of pyridine rings is 1. The fourth-order valence-corrected chi connectivity index (χ4v) is 1.70. The smallest absolute Gasteiger partial charge is 0.141 e. The lowest BCUT2D eigenvalue weighted by molar-refractivity contribution is 0.619. The summed E-state index contributed by atoms with van der Waals surface area (Å²) in [6.07, 6.45) is 2.74. The first-order valence-electron chi connectivity index (χ1n) is 5.22. The summed E-state index contributed by atoms with van der Waals surface area (Å²) in [5.41, 5.74) is 1.92. The summed E-state index contributed by atoms with van der Waals surface area (Å²) in [7, 11) is 0. The number of nitriles is 1. The Morgan fingerprint density at radius 1 is 1.33 bits per heavy atom. The molecule has 0 saturated heterocycles. The van der Waals surface area contributed by atoms with Gasteiger partial charge in [-0.25, -0.2) is 4.39 Å². The monoisotopic (exact) mass is 261 g/mol. The molecule has 0 spiro atoms. The quantitative estimate of drug-likeness (QED) is 0.922. The number of hydrogen-bond donors (Lipinski definition) is 1. The normalized spacial score (nSPS) is 9.83. The van der Waals surface area contributed by atoms with Crippen LogP contribution in [-0.4, -0.2) is 4.98 Å². The largest absolute Gasteiger partial charge is 0.381 e. The molecule has 0 atom stereocenters. The molecule has 18 heavy (non-hydrogen) atoms. The van der Waals surface area contributed by atoms with E-state index in [-0.39, 0.29) is 5.82 Å². The molecule has 0 aliphatic rings. The van der Waals surface area contributed by atoms with E-state index in [1.54, 1.807) is 24.4 Å². The summed E-state index contributed by atoms with van der Waals surface area (Å²) in [4.78, 5) is 3.76. The van der Waals surface area contributed by atoms with Gasteiger partial charge in [-0.1, -0.05) is 11.6 Å². The average Bonchev–Trinajstić information content (AvgIpc) is 2.37. The number of halogens is 2. The van der Waals surface area contributed by atoms with Gasteiger partial charge in [0, 0.05) is 18.4 Å². The number of nitrogens with one attached hydrogen (secondary N) is 1. The van der Waals surface area contributed by atoms with Crippen molar-refractivity contribution in [1.29, 1.82) is 5.26 Å². The van der Waals surface area contributed by atoms with Crippen molar-refractivity contribution in [3.8, 4) is 6.07 Å². The zero-order valence-corrected chi connectivity index (χ0v) is 10.1. The van der Waals surface area contributed by atoms with Gasteiger partial charge in [-0.05, 0) is 29.8 Å². The second kappa shape index (κ2) is 5.48. The summed E-state index contributed by atoms with van der Waals surface area (Å²) in [5.74, 6) is -0.368. The molecule has 2 aromatic rings. The predicted octanol–water partition coefficient (Wildman–Crippen LogP) is 3.36. The summed E-state index contributed by atoms with van der Waals surface area (Å²) >= 11 is 5.90. The van der Waals surface area contributed by atoms with E-state index in [2.05, 4.69) is 10.3 Å². The average molecular weight is 262 g/mol. The first kappa shape index (κ1) is 12.3. The van der Waals surface area contributed by atoms with Crippen LogP contribution in [0.1, 0.15) is 11.1 Å². The van der Waals surface area contributed by atoms with Gasteiger partial charge in [-0.3, -0.25) is 4.98 Å². The second-order valence-electron chi connectivity index (χ2n) is 3.67. The van der Waals surface area contributed by atoms with E-state index in [1.807, 2.05) is 6.07 Å². The van der Waals surface area contributed by atoms with Crippen LogP contribution in [0, 0.1) is 17.1 Å². The van der Waals surface area contributed by atoms with Gasteiger partial charge in [-0.15, -0.1) is 0 Å². The van der Waals surface area contributed by atoms with Gasteiger partial charge in [0.05, 0.1) is 16.8 Å². The van der Waals surface area contributed by atoms with Crippen LogP contribution in [-0.2, 0) is 6.54 Å². The molecule has 0 saturated carbocycles. The lowest BCUT2D eigenvalue weighted by Crippen LogP contribution is -2.00. The molecule has 5 heteroatoms. The van der Waals surface area contributed by atoms with Crippen LogP contribution in [0.25, 0.3) is 0 Å².